The van der Waals surface area contributed by atoms with Crippen LogP contribution >= 0.6 is 23.5 Å². The molecule has 3 aliphatic heterocycles. The van der Waals surface area contributed by atoms with Crippen molar-refractivity contribution < 1.29 is 24.6 Å². The summed E-state index contributed by atoms with van der Waals surface area (Å²) in [6, 6.07) is -0.316. The largest absolute Gasteiger partial charge is 0.477 e. The Morgan fingerprint density at radius 1 is 1.37 bits per heavy atom. The third kappa shape index (κ3) is 3.27. The Kier molecular flexibility index (Phi) is 5.60. The van der Waals surface area contributed by atoms with Crippen LogP contribution in [0, 0.1) is 17.2 Å². The second-order valence-corrected chi connectivity index (χ2v) is 9.33. The lowest BCUT2D eigenvalue weighted by atomic mass is 9.79. The summed E-state index contributed by atoms with van der Waals surface area (Å²) in [6.07, 6.45) is 0.995. The number of amides is 1. The predicted octanol–water partition coefficient (Wildman–Crippen LogP) is 0.467. The first kappa shape index (κ1) is 20.2. The molecular formula is C17H23N3O5S2. The molecule has 27 heavy (non-hydrogen) atoms. The molecule has 0 radical (unpaired) electrons. The van der Waals surface area contributed by atoms with E-state index in [1.807, 2.05) is 13.2 Å². The van der Waals surface area contributed by atoms with Crippen LogP contribution < -0.4 is 0 Å². The molecule has 3 rings (SSSR count). The minimum absolute atomic E-state index is 0.00118. The molecule has 4 atom stereocenters. The topological polar surface area (TPSA) is 122 Å². The molecule has 0 aromatic heterocycles. The van der Waals surface area contributed by atoms with Crippen molar-refractivity contribution in [2.24, 2.45) is 11.8 Å². The Morgan fingerprint density at radius 3 is 2.52 bits per heavy atom. The summed E-state index contributed by atoms with van der Waals surface area (Å²) in [5.41, 5.74) is 0.0198. The van der Waals surface area contributed by atoms with E-state index in [2.05, 4.69) is 0 Å². The van der Waals surface area contributed by atoms with Gasteiger partial charge in [-0.05, 0) is 13.2 Å². The summed E-state index contributed by atoms with van der Waals surface area (Å²) < 4.78 is 0. The predicted molar refractivity (Wildman–Crippen MR) is 104 cm³/mol. The number of hydrogen-bond donors (Lipinski definition) is 3. The average molecular weight is 414 g/mol. The van der Waals surface area contributed by atoms with Crippen molar-refractivity contribution in [2.75, 3.05) is 25.1 Å². The number of rotatable bonds is 7. The van der Waals surface area contributed by atoms with Crippen molar-refractivity contribution in [2.45, 2.75) is 31.2 Å². The number of aliphatic hydroxyl groups is 1. The van der Waals surface area contributed by atoms with Crippen LogP contribution in [-0.4, -0.2) is 86.0 Å². The van der Waals surface area contributed by atoms with Crippen molar-refractivity contribution in [1.29, 1.82) is 5.41 Å². The maximum atomic E-state index is 12.3. The third-order valence-corrected chi connectivity index (χ3v) is 7.31. The molecule has 0 bridgehead atoms. The van der Waals surface area contributed by atoms with Crippen molar-refractivity contribution in [3.05, 3.63) is 10.6 Å². The van der Waals surface area contributed by atoms with Crippen LogP contribution in [0.15, 0.2) is 10.6 Å². The van der Waals surface area contributed by atoms with Crippen molar-refractivity contribution in [1.82, 2.24) is 9.80 Å². The number of aliphatic carboxylic acids is 1. The standard InChI is InChI=1S/C17H23N3O5S2/c1-7-12-11(8(2)21)16(23)20(12)13(17(24)25)14(7)27-9-4-19(5-9)15(18)10(22)6-26-3/h7-9,11-12,18,21H,4-6H2,1-3H3,(H,24,25)/t7-,8-,11-,12-/m1/s1. The van der Waals surface area contributed by atoms with E-state index < -0.39 is 18.0 Å². The molecule has 3 N–H and O–H groups in total. The fourth-order valence-corrected chi connectivity index (χ4v) is 5.85. The van der Waals surface area contributed by atoms with Crippen LogP contribution in [0.3, 0.4) is 0 Å². The van der Waals surface area contributed by atoms with Gasteiger partial charge in [0.2, 0.25) is 11.7 Å². The number of ketones is 1. The molecule has 0 aromatic carbocycles. The molecule has 0 saturated carbocycles. The number of carbonyl (C=O) groups is 3. The number of thioether (sulfide) groups is 2. The molecule has 3 aliphatic rings. The first-order valence-electron chi connectivity index (χ1n) is 8.69. The highest BCUT2D eigenvalue weighted by molar-refractivity contribution is 8.03. The number of nitrogens with zero attached hydrogens (tertiary/aromatic N) is 2. The number of carbonyl (C=O) groups excluding carboxylic acids is 2. The molecular weight excluding hydrogens is 390 g/mol. The normalized spacial score (nSPS) is 28.6. The van der Waals surface area contributed by atoms with E-state index in [0.717, 1.165) is 0 Å². The number of nitrogens with one attached hydrogen (secondary N) is 1. The smallest absolute Gasteiger partial charge is 0.353 e. The van der Waals surface area contributed by atoms with Crippen LogP contribution in [0.4, 0.5) is 0 Å². The molecule has 8 nitrogen and oxygen atoms in total. The zero-order valence-electron chi connectivity index (χ0n) is 15.3. The Morgan fingerprint density at radius 2 is 2.00 bits per heavy atom. The fraction of sp³-hybridized carbons (Fsp3) is 0.647. The van der Waals surface area contributed by atoms with Gasteiger partial charge in [-0.2, -0.15) is 11.8 Å². The lowest BCUT2D eigenvalue weighted by molar-refractivity contribution is -0.163. The molecule has 1 amide bonds. The van der Waals surface area contributed by atoms with Gasteiger partial charge in [-0.25, -0.2) is 4.79 Å². The van der Waals surface area contributed by atoms with Crippen LogP contribution in [0.25, 0.3) is 0 Å². The molecule has 0 spiro atoms. The summed E-state index contributed by atoms with van der Waals surface area (Å²) in [5, 5.41) is 27.5. The number of hydrogen-bond acceptors (Lipinski definition) is 7. The van der Waals surface area contributed by atoms with Crippen LogP contribution in [0.2, 0.25) is 0 Å². The van der Waals surface area contributed by atoms with Crippen LogP contribution in [-0.2, 0) is 14.4 Å². The molecule has 2 saturated heterocycles. The first-order chi connectivity index (χ1) is 12.7. The number of carboxylic acid groups (broad SMARTS) is 1. The molecule has 10 heteroatoms. The summed E-state index contributed by atoms with van der Waals surface area (Å²) >= 11 is 2.79. The number of fused-ring (bicyclic) bond motifs is 1. The highest BCUT2D eigenvalue weighted by atomic mass is 32.2. The number of aliphatic hydroxyl groups excluding tert-OH is 1. The molecule has 2 fully saturated rings. The van der Waals surface area contributed by atoms with Gasteiger partial charge in [0, 0.05) is 29.2 Å². The Balaban J connectivity index is 1.69. The Hall–Kier alpha value is -1.52. The maximum Gasteiger partial charge on any atom is 0.353 e. The summed E-state index contributed by atoms with van der Waals surface area (Å²) in [4.78, 5) is 39.5. The van der Waals surface area contributed by atoms with E-state index in [-0.39, 0.29) is 46.2 Å². The van der Waals surface area contributed by atoms with Gasteiger partial charge in [-0.15, -0.1) is 11.8 Å². The minimum atomic E-state index is -1.14. The number of carboxylic acids is 1. The van der Waals surface area contributed by atoms with Crippen molar-refractivity contribution >= 4 is 47.0 Å². The second-order valence-electron chi connectivity index (χ2n) is 7.12. The van der Waals surface area contributed by atoms with Gasteiger partial charge in [0.25, 0.3) is 0 Å². The van der Waals surface area contributed by atoms with Crippen molar-refractivity contribution in [3.63, 3.8) is 0 Å². The summed E-state index contributed by atoms with van der Waals surface area (Å²) in [6.45, 7) is 4.45. The number of β-lactam (4-membered cyclic amide) rings is 1. The van der Waals surface area contributed by atoms with E-state index >= 15 is 0 Å². The van der Waals surface area contributed by atoms with Crippen molar-refractivity contribution in [3.8, 4) is 0 Å². The van der Waals surface area contributed by atoms with Gasteiger partial charge >= 0.3 is 5.97 Å². The van der Waals surface area contributed by atoms with Gasteiger partial charge in [-0.3, -0.25) is 15.0 Å². The SMILES string of the molecule is CSCC(=O)C(=N)N1CC(SC2=C(C(=O)O)N3C(=O)[C@H]([C@@H](C)O)[C@H]3[C@H]2C)C1. The lowest BCUT2D eigenvalue weighted by Gasteiger charge is -2.46. The summed E-state index contributed by atoms with van der Waals surface area (Å²) in [7, 11) is 0. The van der Waals surface area contributed by atoms with Crippen LogP contribution in [0.1, 0.15) is 13.8 Å². The van der Waals surface area contributed by atoms with Gasteiger partial charge in [0.05, 0.1) is 23.8 Å². The van der Waals surface area contributed by atoms with E-state index in [0.29, 0.717) is 18.0 Å². The number of amidine groups is 1. The highest BCUT2D eigenvalue weighted by Gasteiger charge is 2.60. The number of Topliss-reactive ketones (excluding diaryl/α,β-unsaturated/α-hetero) is 1. The zero-order valence-corrected chi connectivity index (χ0v) is 17.0. The number of likely N-dealkylation sites (tertiary alicyclic amines) is 1. The minimum Gasteiger partial charge on any atom is -0.477 e. The highest BCUT2D eigenvalue weighted by Crippen LogP contribution is 2.51. The first-order valence-corrected chi connectivity index (χ1v) is 11.0. The van der Waals surface area contributed by atoms with E-state index in [1.165, 1.54) is 28.4 Å². The average Bonchev–Trinajstić information content (AvgIpc) is 2.79. The Bertz CT molecular complexity index is 732. The molecule has 148 valence electrons. The second kappa shape index (κ2) is 7.48. The van der Waals surface area contributed by atoms with Crippen LogP contribution in [0.5, 0.6) is 0 Å². The lowest BCUT2D eigenvalue weighted by Crippen LogP contribution is -2.63. The van der Waals surface area contributed by atoms with E-state index in [4.69, 9.17) is 5.41 Å². The van der Waals surface area contributed by atoms with Gasteiger partial charge in [-0.1, -0.05) is 6.92 Å². The molecule has 0 unspecified atom stereocenters. The molecule has 3 heterocycles. The van der Waals surface area contributed by atoms with Gasteiger partial charge in [0.15, 0.2) is 5.84 Å². The zero-order chi connectivity index (χ0) is 20.0. The van der Waals surface area contributed by atoms with Gasteiger partial charge in [0.1, 0.15) is 5.70 Å². The van der Waals surface area contributed by atoms with E-state index in [1.54, 1.807) is 11.8 Å². The Labute approximate surface area is 165 Å². The molecule has 0 aliphatic carbocycles. The van der Waals surface area contributed by atoms with Gasteiger partial charge < -0.3 is 20.0 Å². The van der Waals surface area contributed by atoms with E-state index in [9.17, 15) is 24.6 Å². The summed E-state index contributed by atoms with van der Waals surface area (Å²) in [5.74, 6) is -2.13. The maximum absolute atomic E-state index is 12.3. The molecule has 0 aromatic rings. The fourth-order valence-electron chi connectivity index (χ4n) is 3.93. The third-order valence-electron chi connectivity index (χ3n) is 5.31. The monoisotopic (exact) mass is 413 g/mol. The quantitative estimate of drug-likeness (QED) is 0.313.